The second-order valence-electron chi connectivity index (χ2n) is 6.61. The predicted molar refractivity (Wildman–Crippen MR) is 122 cm³/mol. The fourth-order valence-electron chi connectivity index (χ4n) is 1.97. The van der Waals surface area contributed by atoms with E-state index in [0.29, 0.717) is 11.7 Å². The Hall–Kier alpha value is -0.850. The largest absolute Gasteiger partial charge is 0.325 e. The number of thioether (sulfide) groups is 2. The Kier molecular flexibility index (Phi) is 9.23. The number of halogens is 1. The molecule has 0 atom stereocenters. The van der Waals surface area contributed by atoms with E-state index in [4.69, 9.17) is 11.6 Å². The summed E-state index contributed by atoms with van der Waals surface area (Å²) in [6.45, 7) is 4.31. The Morgan fingerprint density at radius 1 is 1.24 bits per heavy atom. The van der Waals surface area contributed by atoms with E-state index >= 15 is 0 Å². The van der Waals surface area contributed by atoms with Crippen LogP contribution in [0.15, 0.2) is 31.8 Å². The van der Waals surface area contributed by atoms with Crippen molar-refractivity contribution in [3.8, 4) is 0 Å². The van der Waals surface area contributed by atoms with Crippen LogP contribution >= 0.6 is 46.5 Å². The summed E-state index contributed by atoms with van der Waals surface area (Å²) >= 11 is 10.8. The summed E-state index contributed by atoms with van der Waals surface area (Å²) in [6.07, 6.45) is 0.236. The van der Waals surface area contributed by atoms with E-state index in [2.05, 4.69) is 29.4 Å². The topological polar surface area (TPSA) is 92.3 Å². The van der Waals surface area contributed by atoms with Gasteiger partial charge in [0.05, 0.1) is 15.6 Å². The molecule has 0 unspecified atom stereocenters. The van der Waals surface area contributed by atoms with Gasteiger partial charge in [0.2, 0.25) is 15.9 Å². The standard InChI is InChI=1S/C17H23ClN4O3S4/c1-11(2)10-27-17-21-20-16(28-17)26-8-7-15(23)19-14-9-12(5-6-13(14)18)29(24,25)22(3)4/h5-6,9,11H,7-8,10H2,1-4H3,(H,19,23). The molecule has 1 aromatic carbocycles. The van der Waals surface area contributed by atoms with Crippen LogP contribution in [0.2, 0.25) is 5.02 Å². The molecule has 0 fully saturated rings. The molecule has 0 radical (unpaired) electrons. The first-order valence-corrected chi connectivity index (χ1v) is 13.3. The molecule has 0 saturated carbocycles. The van der Waals surface area contributed by atoms with Crippen LogP contribution in [0, 0.1) is 5.92 Å². The van der Waals surface area contributed by atoms with Gasteiger partial charge in [-0.3, -0.25) is 4.79 Å². The third-order valence-electron chi connectivity index (χ3n) is 3.47. The molecule has 2 aromatic rings. The highest BCUT2D eigenvalue weighted by Gasteiger charge is 2.19. The highest BCUT2D eigenvalue weighted by molar-refractivity contribution is 8.03. The zero-order valence-corrected chi connectivity index (χ0v) is 20.5. The SMILES string of the molecule is CC(C)CSc1nnc(SCCC(=O)Nc2cc(S(=O)(=O)N(C)C)ccc2Cl)s1. The van der Waals surface area contributed by atoms with Crippen molar-refractivity contribution in [1.29, 1.82) is 0 Å². The smallest absolute Gasteiger partial charge is 0.242 e. The van der Waals surface area contributed by atoms with Gasteiger partial charge >= 0.3 is 0 Å². The number of amides is 1. The number of rotatable bonds is 10. The summed E-state index contributed by atoms with van der Waals surface area (Å²) in [4.78, 5) is 12.3. The molecule has 1 heterocycles. The molecule has 7 nitrogen and oxygen atoms in total. The van der Waals surface area contributed by atoms with Gasteiger partial charge < -0.3 is 5.32 Å². The van der Waals surface area contributed by atoms with Crippen molar-refractivity contribution in [2.45, 2.75) is 33.8 Å². The van der Waals surface area contributed by atoms with Gasteiger partial charge in [-0.25, -0.2) is 12.7 Å². The van der Waals surface area contributed by atoms with E-state index in [1.807, 2.05) is 0 Å². The van der Waals surface area contributed by atoms with E-state index in [1.165, 1.54) is 55.4 Å². The highest BCUT2D eigenvalue weighted by Crippen LogP contribution is 2.30. The summed E-state index contributed by atoms with van der Waals surface area (Å²) in [5.41, 5.74) is 0.271. The van der Waals surface area contributed by atoms with Gasteiger partial charge in [0.15, 0.2) is 8.68 Å². The van der Waals surface area contributed by atoms with Crippen LogP contribution < -0.4 is 5.32 Å². The van der Waals surface area contributed by atoms with Crippen molar-refractivity contribution in [1.82, 2.24) is 14.5 Å². The van der Waals surface area contributed by atoms with Gasteiger partial charge in [-0.05, 0) is 24.1 Å². The summed E-state index contributed by atoms with van der Waals surface area (Å²) < 4.78 is 27.4. The van der Waals surface area contributed by atoms with Crippen molar-refractivity contribution in [3.05, 3.63) is 23.2 Å². The zero-order chi connectivity index (χ0) is 21.6. The molecule has 0 aliphatic heterocycles. The van der Waals surface area contributed by atoms with Crippen LogP contribution in [-0.4, -0.2) is 54.4 Å². The monoisotopic (exact) mass is 494 g/mol. The number of hydrogen-bond donors (Lipinski definition) is 1. The Balaban J connectivity index is 1.90. The molecule has 0 bridgehead atoms. The van der Waals surface area contributed by atoms with Gasteiger partial charge in [-0.1, -0.05) is 60.3 Å². The molecule has 0 aliphatic rings. The first-order chi connectivity index (χ1) is 13.6. The molecule has 1 amide bonds. The average Bonchev–Trinajstić information content (AvgIpc) is 3.09. The van der Waals surface area contributed by atoms with E-state index in [1.54, 1.807) is 11.8 Å². The number of nitrogens with one attached hydrogen (secondary N) is 1. The van der Waals surface area contributed by atoms with Gasteiger partial charge in [0, 0.05) is 32.0 Å². The third-order valence-corrected chi connectivity index (χ3v) is 9.23. The van der Waals surface area contributed by atoms with Crippen LogP contribution in [0.3, 0.4) is 0 Å². The zero-order valence-electron chi connectivity index (χ0n) is 16.5. The van der Waals surface area contributed by atoms with Crippen LogP contribution in [0.1, 0.15) is 20.3 Å². The average molecular weight is 495 g/mol. The van der Waals surface area contributed by atoms with E-state index in [-0.39, 0.29) is 27.9 Å². The van der Waals surface area contributed by atoms with E-state index in [0.717, 1.165) is 18.7 Å². The lowest BCUT2D eigenvalue weighted by Gasteiger charge is -2.13. The Bertz CT molecular complexity index is 948. The summed E-state index contributed by atoms with van der Waals surface area (Å²) in [6, 6.07) is 4.24. The fourth-order valence-corrected chi connectivity index (χ4v) is 6.07. The first kappa shape index (κ1) is 24.4. The normalized spacial score (nSPS) is 12.0. The Labute approximate surface area is 189 Å². The van der Waals surface area contributed by atoms with Crippen molar-refractivity contribution >= 4 is 68.1 Å². The molecule has 2 rings (SSSR count). The lowest BCUT2D eigenvalue weighted by atomic mass is 10.3. The molecule has 0 spiro atoms. The maximum atomic E-state index is 12.3. The maximum Gasteiger partial charge on any atom is 0.242 e. The molecule has 12 heteroatoms. The van der Waals surface area contributed by atoms with Crippen LogP contribution in [0.25, 0.3) is 0 Å². The van der Waals surface area contributed by atoms with Gasteiger partial charge in [0.1, 0.15) is 0 Å². The lowest BCUT2D eigenvalue weighted by Crippen LogP contribution is -2.22. The van der Waals surface area contributed by atoms with Crippen LogP contribution in [0.5, 0.6) is 0 Å². The molecule has 0 saturated heterocycles. The molecule has 0 aliphatic carbocycles. The lowest BCUT2D eigenvalue weighted by molar-refractivity contribution is -0.115. The number of carbonyl (C=O) groups excluding carboxylic acids is 1. The van der Waals surface area contributed by atoms with Crippen molar-refractivity contribution in [2.75, 3.05) is 30.9 Å². The molecule has 1 aromatic heterocycles. The number of carbonyl (C=O) groups is 1. The Morgan fingerprint density at radius 2 is 1.90 bits per heavy atom. The Morgan fingerprint density at radius 3 is 2.52 bits per heavy atom. The van der Waals surface area contributed by atoms with Gasteiger partial charge in [0.25, 0.3) is 0 Å². The summed E-state index contributed by atoms with van der Waals surface area (Å²) in [5, 5.41) is 11.2. The number of benzene rings is 1. The number of nitrogens with zero attached hydrogens (tertiary/aromatic N) is 3. The first-order valence-electron chi connectivity index (χ1n) is 8.70. The molecule has 29 heavy (non-hydrogen) atoms. The molecular formula is C17H23ClN4O3S4. The number of hydrogen-bond acceptors (Lipinski definition) is 8. The minimum atomic E-state index is -3.61. The molecule has 160 valence electrons. The van der Waals surface area contributed by atoms with Crippen molar-refractivity contribution in [2.24, 2.45) is 5.92 Å². The molecule has 1 N–H and O–H groups in total. The second-order valence-corrected chi connectivity index (χ2v) is 12.8. The summed E-state index contributed by atoms with van der Waals surface area (Å²) in [7, 11) is -0.721. The predicted octanol–water partition coefficient (Wildman–Crippen LogP) is 4.31. The van der Waals surface area contributed by atoms with Crippen molar-refractivity contribution in [3.63, 3.8) is 0 Å². The third kappa shape index (κ3) is 7.41. The van der Waals surface area contributed by atoms with Crippen LogP contribution in [-0.2, 0) is 14.8 Å². The second kappa shape index (κ2) is 11.0. The fraction of sp³-hybridized carbons (Fsp3) is 0.471. The highest BCUT2D eigenvalue weighted by atomic mass is 35.5. The van der Waals surface area contributed by atoms with Gasteiger partial charge in [-0.2, -0.15) is 0 Å². The van der Waals surface area contributed by atoms with Crippen LogP contribution in [0.4, 0.5) is 5.69 Å². The van der Waals surface area contributed by atoms with Crippen molar-refractivity contribution < 1.29 is 13.2 Å². The molecular weight excluding hydrogens is 472 g/mol. The minimum Gasteiger partial charge on any atom is -0.325 e. The summed E-state index contributed by atoms with van der Waals surface area (Å²) in [5.74, 6) is 1.85. The van der Waals surface area contributed by atoms with Gasteiger partial charge in [-0.15, -0.1) is 10.2 Å². The number of anilines is 1. The number of sulfonamides is 1. The number of aromatic nitrogens is 2. The van der Waals surface area contributed by atoms with E-state index < -0.39 is 10.0 Å². The minimum absolute atomic E-state index is 0.0665. The quantitative estimate of drug-likeness (QED) is 0.492. The van der Waals surface area contributed by atoms with E-state index in [9.17, 15) is 13.2 Å². The maximum absolute atomic E-state index is 12.3.